The number of nitrogens with zero attached hydrogens (tertiary/aromatic N) is 1. The van der Waals surface area contributed by atoms with Crippen LogP contribution in [0.25, 0.3) is 16.5 Å². The van der Waals surface area contributed by atoms with Crippen LogP contribution in [0.4, 0.5) is 5.69 Å². The van der Waals surface area contributed by atoms with Crippen molar-refractivity contribution in [1.29, 1.82) is 0 Å². The summed E-state index contributed by atoms with van der Waals surface area (Å²) >= 11 is 0. The molecular formula is C29H36N2O4. The highest BCUT2D eigenvalue weighted by atomic mass is 16.5. The van der Waals surface area contributed by atoms with Crippen LogP contribution in [0, 0.1) is 0 Å². The number of hydrogen-bond acceptors (Lipinski definition) is 3. The van der Waals surface area contributed by atoms with Crippen LogP contribution >= 0.6 is 0 Å². The van der Waals surface area contributed by atoms with Gasteiger partial charge >= 0.3 is 5.97 Å². The molecule has 0 atom stereocenters. The maximum absolute atomic E-state index is 12.6. The monoisotopic (exact) mass is 476 g/mol. The number of anilines is 1. The summed E-state index contributed by atoms with van der Waals surface area (Å²) in [4.78, 5) is 23.1. The zero-order valence-corrected chi connectivity index (χ0v) is 20.9. The summed E-state index contributed by atoms with van der Waals surface area (Å²) in [5.41, 5.74) is 3.83. The molecule has 0 aliphatic carbocycles. The number of aromatic nitrogens is 1. The highest BCUT2D eigenvalue weighted by molar-refractivity contribution is 6.04. The van der Waals surface area contributed by atoms with E-state index in [0.29, 0.717) is 30.5 Å². The Labute approximate surface area is 207 Å². The van der Waals surface area contributed by atoms with E-state index in [4.69, 9.17) is 9.84 Å². The number of carboxylic acids is 1. The maximum atomic E-state index is 12.6. The quantitative estimate of drug-likeness (QED) is 0.204. The molecule has 0 aliphatic heterocycles. The maximum Gasteiger partial charge on any atom is 0.303 e. The lowest BCUT2D eigenvalue weighted by atomic mass is 10.0. The summed E-state index contributed by atoms with van der Waals surface area (Å²) in [5, 5.41) is 12.7. The van der Waals surface area contributed by atoms with Crippen molar-refractivity contribution >= 4 is 34.0 Å². The fourth-order valence-corrected chi connectivity index (χ4v) is 4.32. The van der Waals surface area contributed by atoms with Crippen molar-refractivity contribution in [1.82, 2.24) is 4.57 Å². The third-order valence-corrected chi connectivity index (χ3v) is 6.09. The number of carbonyl (C=O) groups is 2. The number of fused-ring (bicyclic) bond motifs is 1. The lowest BCUT2D eigenvalue weighted by molar-refractivity contribution is -0.137. The number of rotatable bonds is 13. The fraction of sp³-hybridized carbons (Fsp3) is 0.379. The van der Waals surface area contributed by atoms with Gasteiger partial charge in [0.1, 0.15) is 5.75 Å². The van der Waals surface area contributed by atoms with Crippen molar-refractivity contribution in [3.05, 3.63) is 66.4 Å². The van der Waals surface area contributed by atoms with Crippen molar-refractivity contribution in [2.24, 2.45) is 0 Å². The number of carboxylic acid groups (broad SMARTS) is 1. The molecule has 3 rings (SSSR count). The molecule has 1 aromatic heterocycles. The second-order valence-electron chi connectivity index (χ2n) is 8.91. The molecule has 1 amide bonds. The van der Waals surface area contributed by atoms with E-state index in [0.717, 1.165) is 11.1 Å². The van der Waals surface area contributed by atoms with Crippen LogP contribution in [0.1, 0.15) is 70.9 Å². The van der Waals surface area contributed by atoms with Gasteiger partial charge in [-0.15, -0.1) is 0 Å². The minimum Gasteiger partial charge on any atom is -0.494 e. The van der Waals surface area contributed by atoms with Crippen LogP contribution in [0.2, 0.25) is 0 Å². The molecule has 0 saturated heterocycles. The largest absolute Gasteiger partial charge is 0.494 e. The fourth-order valence-electron chi connectivity index (χ4n) is 4.32. The number of ether oxygens (including phenoxy) is 1. The van der Waals surface area contributed by atoms with E-state index >= 15 is 0 Å². The Morgan fingerprint density at radius 1 is 1.06 bits per heavy atom. The van der Waals surface area contributed by atoms with Gasteiger partial charge in [0, 0.05) is 41.3 Å². The zero-order valence-electron chi connectivity index (χ0n) is 20.9. The Kier molecular flexibility index (Phi) is 9.53. The second kappa shape index (κ2) is 12.8. The molecule has 2 N–H and O–H groups in total. The molecule has 0 spiro atoms. The summed E-state index contributed by atoms with van der Waals surface area (Å²) < 4.78 is 7.93. The van der Waals surface area contributed by atoms with Crippen molar-refractivity contribution in [2.45, 2.75) is 65.3 Å². The Morgan fingerprint density at radius 2 is 1.77 bits per heavy atom. The summed E-state index contributed by atoms with van der Waals surface area (Å²) in [6.07, 6.45) is 9.03. The molecular weight excluding hydrogens is 440 g/mol. The van der Waals surface area contributed by atoms with E-state index in [1.807, 2.05) is 6.92 Å². The second-order valence-corrected chi connectivity index (χ2v) is 8.91. The van der Waals surface area contributed by atoms with Crippen molar-refractivity contribution in [2.75, 3.05) is 11.9 Å². The van der Waals surface area contributed by atoms with Crippen LogP contribution in [0.5, 0.6) is 5.75 Å². The van der Waals surface area contributed by atoms with E-state index in [-0.39, 0.29) is 12.3 Å². The minimum absolute atomic E-state index is 0.0802. The smallest absolute Gasteiger partial charge is 0.303 e. The Balaban J connectivity index is 1.63. The Bertz CT molecular complexity index is 1160. The topological polar surface area (TPSA) is 80.6 Å². The van der Waals surface area contributed by atoms with Gasteiger partial charge in [0.15, 0.2) is 0 Å². The molecule has 186 valence electrons. The van der Waals surface area contributed by atoms with Crippen LogP contribution < -0.4 is 10.1 Å². The van der Waals surface area contributed by atoms with Gasteiger partial charge in [0.25, 0.3) is 0 Å². The first-order chi connectivity index (χ1) is 16.9. The van der Waals surface area contributed by atoms with Crippen LogP contribution in [0.15, 0.2) is 60.8 Å². The summed E-state index contributed by atoms with van der Waals surface area (Å²) in [6.45, 7) is 6.76. The number of nitrogens with one attached hydrogen (secondary N) is 1. The first-order valence-electron chi connectivity index (χ1n) is 12.5. The van der Waals surface area contributed by atoms with Crippen molar-refractivity contribution < 1.29 is 19.4 Å². The van der Waals surface area contributed by atoms with Crippen molar-refractivity contribution in [3.8, 4) is 5.75 Å². The van der Waals surface area contributed by atoms with Crippen LogP contribution in [-0.4, -0.2) is 28.2 Å². The molecule has 3 aromatic rings. The number of aliphatic carboxylic acids is 1. The number of carbonyl (C=O) groups excluding carboxylic acids is 1. The van der Waals surface area contributed by atoms with E-state index in [1.165, 1.54) is 36.6 Å². The van der Waals surface area contributed by atoms with Gasteiger partial charge in [-0.1, -0.05) is 32.8 Å². The normalized spacial score (nSPS) is 11.7. The molecule has 0 fully saturated rings. The lowest BCUT2D eigenvalue weighted by Gasteiger charge is -2.19. The highest BCUT2D eigenvalue weighted by Gasteiger charge is 2.12. The molecule has 1 heterocycles. The molecule has 6 heteroatoms. The number of allylic oxidation sites excluding steroid dienone is 1. The highest BCUT2D eigenvalue weighted by Crippen LogP contribution is 2.28. The van der Waals surface area contributed by atoms with Crippen molar-refractivity contribution in [3.63, 3.8) is 0 Å². The average Bonchev–Trinajstić information content (AvgIpc) is 3.25. The Morgan fingerprint density at radius 3 is 2.43 bits per heavy atom. The number of amides is 1. The van der Waals surface area contributed by atoms with Crippen LogP contribution in [-0.2, 0) is 9.59 Å². The molecule has 0 unspecified atom stereocenters. The summed E-state index contributed by atoms with van der Waals surface area (Å²) in [7, 11) is 0. The summed E-state index contributed by atoms with van der Waals surface area (Å²) in [5.74, 6) is -0.386. The third kappa shape index (κ3) is 7.47. The molecule has 35 heavy (non-hydrogen) atoms. The van der Waals surface area contributed by atoms with E-state index in [2.05, 4.69) is 54.2 Å². The molecule has 0 radical (unpaired) electrons. The SMILES string of the molecule is CCCC(CCC)n1ccc2cc(/C(C)=C/C(=O)Nc3ccc(OCCCC(=O)O)cc3)ccc21. The predicted octanol–water partition coefficient (Wildman–Crippen LogP) is 7.07. The zero-order chi connectivity index (χ0) is 25.2. The molecule has 0 saturated carbocycles. The average molecular weight is 477 g/mol. The van der Waals surface area contributed by atoms with E-state index < -0.39 is 5.97 Å². The molecule has 0 bridgehead atoms. The van der Waals surface area contributed by atoms with Gasteiger partial charge < -0.3 is 19.7 Å². The van der Waals surface area contributed by atoms with Gasteiger partial charge in [-0.3, -0.25) is 9.59 Å². The standard InChI is InChI=1S/C29H36N2O4/c1-4-7-25(8-5-2)31-17-16-23-20-22(10-15-27(23)31)21(3)19-28(32)30-24-11-13-26(14-12-24)35-18-6-9-29(33)34/h10-17,19-20,25H,4-9,18H2,1-3H3,(H,30,32)(H,33,34)/b21-19+. The first-order valence-corrected chi connectivity index (χ1v) is 12.5. The molecule has 0 aliphatic rings. The number of benzene rings is 2. The lowest BCUT2D eigenvalue weighted by Crippen LogP contribution is -2.08. The first kappa shape index (κ1) is 26.1. The van der Waals surface area contributed by atoms with Gasteiger partial charge in [-0.2, -0.15) is 0 Å². The Hall–Kier alpha value is -3.54. The van der Waals surface area contributed by atoms with Gasteiger partial charge in [-0.25, -0.2) is 0 Å². The molecule has 6 nitrogen and oxygen atoms in total. The molecule has 2 aromatic carbocycles. The minimum atomic E-state index is -0.832. The number of hydrogen-bond donors (Lipinski definition) is 2. The predicted molar refractivity (Wildman–Crippen MR) is 142 cm³/mol. The van der Waals surface area contributed by atoms with E-state index in [9.17, 15) is 9.59 Å². The van der Waals surface area contributed by atoms with Gasteiger partial charge in [0.2, 0.25) is 5.91 Å². The van der Waals surface area contributed by atoms with E-state index in [1.54, 1.807) is 30.3 Å². The van der Waals surface area contributed by atoms with Gasteiger partial charge in [-0.05, 0) is 79.8 Å². The van der Waals surface area contributed by atoms with Crippen LogP contribution in [0.3, 0.4) is 0 Å². The van der Waals surface area contributed by atoms with Gasteiger partial charge in [0.05, 0.1) is 6.61 Å². The third-order valence-electron chi connectivity index (χ3n) is 6.09. The summed E-state index contributed by atoms with van der Waals surface area (Å²) in [6, 6.07) is 16.1.